The summed E-state index contributed by atoms with van der Waals surface area (Å²) in [5, 5.41) is 8.98. The predicted octanol–water partition coefficient (Wildman–Crippen LogP) is 4.58. The van der Waals surface area contributed by atoms with Gasteiger partial charge in [-0.05, 0) is 71.8 Å². The van der Waals surface area contributed by atoms with Crippen molar-refractivity contribution in [1.29, 1.82) is 5.26 Å². The molecule has 0 N–H and O–H groups in total. The van der Waals surface area contributed by atoms with Crippen LogP contribution in [0.3, 0.4) is 0 Å². The highest BCUT2D eigenvalue weighted by Gasteiger charge is 2.34. The van der Waals surface area contributed by atoms with Crippen molar-refractivity contribution in [2.45, 2.75) is 4.90 Å². The fourth-order valence-corrected chi connectivity index (χ4v) is 5.02. The predicted molar refractivity (Wildman–Crippen MR) is 124 cm³/mol. The maximum Gasteiger partial charge on any atom is 0.243 e. The largest absolute Gasteiger partial charge is 0.289 e. The van der Waals surface area contributed by atoms with Crippen molar-refractivity contribution in [2.75, 3.05) is 13.1 Å². The molecule has 0 amide bonds. The number of Topliss-reactive ketones (excluding diaryl/α,β-unsaturated/α-hetero) is 1. The molecule has 170 valence electrons. The van der Waals surface area contributed by atoms with E-state index in [2.05, 4.69) is 0 Å². The van der Waals surface area contributed by atoms with E-state index in [1.807, 2.05) is 6.07 Å². The Morgan fingerprint density at radius 3 is 1.76 bits per heavy atom. The summed E-state index contributed by atoms with van der Waals surface area (Å²) in [7, 11) is -4.04. The summed E-state index contributed by atoms with van der Waals surface area (Å²) in [6.45, 7) is -0.448. The van der Waals surface area contributed by atoms with Crippen LogP contribution in [0.1, 0.15) is 16.7 Å². The molecule has 0 unspecified atom stereocenters. The number of nitriles is 1. The molecule has 0 aliphatic carbocycles. The number of hydrogen-bond donors (Lipinski definition) is 0. The van der Waals surface area contributed by atoms with E-state index in [1.165, 1.54) is 72.8 Å². The fourth-order valence-electron chi connectivity index (χ4n) is 3.62. The number of sulfonamides is 1. The molecule has 0 radical (unpaired) electrons. The molecule has 34 heavy (non-hydrogen) atoms. The number of carbonyl (C=O) groups excluding carboxylic acids is 1. The van der Waals surface area contributed by atoms with Crippen LogP contribution in [0.25, 0.3) is 12.2 Å². The van der Waals surface area contributed by atoms with E-state index in [9.17, 15) is 22.0 Å². The Morgan fingerprint density at radius 2 is 1.32 bits per heavy atom. The highest BCUT2D eigenvalue weighted by molar-refractivity contribution is 7.89. The van der Waals surface area contributed by atoms with Gasteiger partial charge in [0.25, 0.3) is 0 Å². The highest BCUT2D eigenvalue weighted by Crippen LogP contribution is 2.27. The summed E-state index contributed by atoms with van der Waals surface area (Å²) in [5.41, 5.74) is 1.43. The van der Waals surface area contributed by atoms with Gasteiger partial charge < -0.3 is 0 Å². The number of rotatable bonds is 4. The summed E-state index contributed by atoms with van der Waals surface area (Å²) in [4.78, 5) is 13.2. The summed E-state index contributed by atoms with van der Waals surface area (Å²) >= 11 is 0. The smallest absolute Gasteiger partial charge is 0.243 e. The quantitative estimate of drug-likeness (QED) is 0.517. The third kappa shape index (κ3) is 5.01. The van der Waals surface area contributed by atoms with Crippen LogP contribution in [-0.2, 0) is 14.8 Å². The minimum Gasteiger partial charge on any atom is -0.289 e. The first kappa shape index (κ1) is 23.2. The summed E-state index contributed by atoms with van der Waals surface area (Å²) in [5.74, 6) is -1.38. The second-order valence-electron chi connectivity index (χ2n) is 7.69. The Bertz CT molecular complexity index is 1400. The molecule has 0 saturated carbocycles. The van der Waals surface area contributed by atoms with Gasteiger partial charge in [0.1, 0.15) is 11.6 Å². The van der Waals surface area contributed by atoms with Crippen LogP contribution < -0.4 is 0 Å². The van der Waals surface area contributed by atoms with Gasteiger partial charge in [-0.1, -0.05) is 24.3 Å². The lowest BCUT2D eigenvalue weighted by Gasteiger charge is -2.29. The molecule has 0 bridgehead atoms. The van der Waals surface area contributed by atoms with Gasteiger partial charge in [-0.2, -0.15) is 9.57 Å². The van der Waals surface area contributed by atoms with Gasteiger partial charge in [0.2, 0.25) is 10.0 Å². The van der Waals surface area contributed by atoms with Crippen molar-refractivity contribution in [3.8, 4) is 6.07 Å². The van der Waals surface area contributed by atoms with Crippen molar-refractivity contribution in [1.82, 2.24) is 4.31 Å². The number of nitrogens with zero attached hydrogens (tertiary/aromatic N) is 2. The number of halogens is 2. The molecule has 0 spiro atoms. The van der Waals surface area contributed by atoms with Gasteiger partial charge in [-0.15, -0.1) is 0 Å². The standard InChI is InChI=1S/C26H18F2N2O3S/c27-23-5-1-3-19(13-23)11-21-16-30(34(32,33)25-9-7-18(15-29)8-10-25)17-22(26(21)31)12-20-4-2-6-24(28)14-20/h1-14H,16-17H2/b21-11+,22-12+. The maximum absolute atomic E-state index is 13.7. The van der Waals surface area contributed by atoms with Crippen LogP contribution in [0, 0.1) is 23.0 Å². The van der Waals surface area contributed by atoms with Crippen molar-refractivity contribution in [3.05, 3.63) is 112 Å². The molecule has 1 heterocycles. The van der Waals surface area contributed by atoms with Crippen molar-refractivity contribution >= 4 is 28.0 Å². The van der Waals surface area contributed by atoms with Gasteiger partial charge in [-0.25, -0.2) is 17.2 Å². The Labute approximate surface area is 195 Å². The van der Waals surface area contributed by atoms with Crippen LogP contribution in [0.4, 0.5) is 8.78 Å². The van der Waals surface area contributed by atoms with Gasteiger partial charge >= 0.3 is 0 Å². The topological polar surface area (TPSA) is 78.2 Å². The maximum atomic E-state index is 13.7. The van der Waals surface area contributed by atoms with Crippen molar-refractivity contribution in [3.63, 3.8) is 0 Å². The molecule has 1 fully saturated rings. The number of carbonyl (C=O) groups is 1. The lowest BCUT2D eigenvalue weighted by Crippen LogP contribution is -2.41. The summed E-state index contributed by atoms with van der Waals surface area (Å²) in [6, 6.07) is 18.6. The normalized spacial score (nSPS) is 17.1. The lowest BCUT2D eigenvalue weighted by atomic mass is 9.95. The second kappa shape index (κ2) is 9.51. The minimum atomic E-state index is -4.04. The first-order valence-corrected chi connectivity index (χ1v) is 11.7. The molecule has 4 rings (SSSR count). The molecule has 1 saturated heterocycles. The lowest BCUT2D eigenvalue weighted by molar-refractivity contribution is -0.113. The van der Waals surface area contributed by atoms with Crippen LogP contribution in [-0.4, -0.2) is 31.6 Å². The van der Waals surface area contributed by atoms with Gasteiger partial charge in [0.15, 0.2) is 5.78 Å². The Hall–Kier alpha value is -3.93. The second-order valence-corrected chi connectivity index (χ2v) is 9.63. The van der Waals surface area contributed by atoms with E-state index in [0.29, 0.717) is 16.7 Å². The molecular formula is C26H18F2N2O3S. The fraction of sp³-hybridized carbons (Fsp3) is 0.0769. The van der Waals surface area contributed by atoms with Gasteiger partial charge in [-0.3, -0.25) is 4.79 Å². The summed E-state index contributed by atoms with van der Waals surface area (Å²) < 4.78 is 55.2. The van der Waals surface area contributed by atoms with Crippen LogP contribution in [0.5, 0.6) is 0 Å². The van der Waals surface area contributed by atoms with E-state index in [-0.39, 0.29) is 29.1 Å². The molecular weight excluding hydrogens is 458 g/mol. The number of piperidine rings is 1. The van der Waals surface area contributed by atoms with E-state index in [0.717, 1.165) is 4.31 Å². The molecule has 8 heteroatoms. The Kier molecular flexibility index (Phi) is 6.50. The molecule has 1 aliphatic rings. The van der Waals surface area contributed by atoms with Gasteiger partial charge in [0.05, 0.1) is 16.5 Å². The molecule has 5 nitrogen and oxygen atoms in total. The zero-order valence-corrected chi connectivity index (χ0v) is 18.6. The monoisotopic (exact) mass is 476 g/mol. The summed E-state index contributed by atoms with van der Waals surface area (Å²) in [6.07, 6.45) is 2.90. The van der Waals surface area contributed by atoms with Gasteiger partial charge in [0, 0.05) is 24.2 Å². The molecule has 0 aromatic heterocycles. The zero-order valence-electron chi connectivity index (χ0n) is 17.8. The molecule has 3 aromatic rings. The van der Waals surface area contributed by atoms with Crippen LogP contribution in [0.2, 0.25) is 0 Å². The number of hydrogen-bond acceptors (Lipinski definition) is 4. The van der Waals surface area contributed by atoms with Crippen LogP contribution >= 0.6 is 0 Å². The van der Waals surface area contributed by atoms with Crippen molar-refractivity contribution in [2.24, 2.45) is 0 Å². The van der Waals surface area contributed by atoms with E-state index < -0.39 is 27.4 Å². The third-order valence-electron chi connectivity index (χ3n) is 5.28. The number of ketones is 1. The first-order valence-electron chi connectivity index (χ1n) is 10.2. The first-order chi connectivity index (χ1) is 16.3. The van der Waals surface area contributed by atoms with E-state index >= 15 is 0 Å². The Balaban J connectivity index is 1.79. The SMILES string of the molecule is N#Cc1ccc(S(=O)(=O)N2C/C(=C\c3cccc(F)c3)C(=O)/C(=C/c3cccc(F)c3)C2)cc1. The minimum absolute atomic E-state index is 0.0314. The molecule has 0 atom stereocenters. The highest BCUT2D eigenvalue weighted by atomic mass is 32.2. The average molecular weight is 477 g/mol. The Morgan fingerprint density at radius 1 is 0.824 bits per heavy atom. The third-order valence-corrected chi connectivity index (χ3v) is 7.08. The number of benzene rings is 3. The zero-order chi connectivity index (χ0) is 24.3. The van der Waals surface area contributed by atoms with E-state index in [4.69, 9.17) is 5.26 Å². The van der Waals surface area contributed by atoms with Crippen molar-refractivity contribution < 1.29 is 22.0 Å². The average Bonchev–Trinajstić information content (AvgIpc) is 2.81. The molecule has 3 aromatic carbocycles. The molecule has 1 aliphatic heterocycles. The van der Waals surface area contributed by atoms with E-state index in [1.54, 1.807) is 12.1 Å². The van der Waals surface area contributed by atoms with Crippen LogP contribution in [0.15, 0.2) is 88.8 Å².